The van der Waals surface area contributed by atoms with E-state index in [4.69, 9.17) is 0 Å². The number of hydrogen-bond donors (Lipinski definition) is 1. The number of aliphatic hydroxyl groups is 1. The first-order valence-electron chi connectivity index (χ1n) is 6.35. The molecule has 4 heteroatoms. The van der Waals surface area contributed by atoms with Crippen LogP contribution in [0.25, 0.3) is 0 Å². The predicted molar refractivity (Wildman–Crippen MR) is 73.7 cm³/mol. The fourth-order valence-electron chi connectivity index (χ4n) is 2.91. The van der Waals surface area contributed by atoms with Crippen LogP contribution in [0.15, 0.2) is 35.8 Å². The SMILES string of the molecule is N#CC1(C(O)c2nccs2)CCCc2ccccc21. The molecule has 1 heterocycles. The van der Waals surface area contributed by atoms with Gasteiger partial charge in [0.05, 0.1) is 6.07 Å². The smallest absolute Gasteiger partial charge is 0.128 e. The van der Waals surface area contributed by atoms with Crippen LogP contribution < -0.4 is 0 Å². The van der Waals surface area contributed by atoms with E-state index in [0.717, 1.165) is 18.4 Å². The molecule has 1 N–H and O–H groups in total. The molecule has 1 aromatic heterocycles. The van der Waals surface area contributed by atoms with Crippen LogP contribution in [0.5, 0.6) is 0 Å². The zero-order valence-corrected chi connectivity index (χ0v) is 11.2. The van der Waals surface area contributed by atoms with E-state index in [0.29, 0.717) is 11.4 Å². The summed E-state index contributed by atoms with van der Waals surface area (Å²) < 4.78 is 0. The van der Waals surface area contributed by atoms with E-state index in [-0.39, 0.29) is 0 Å². The Kier molecular flexibility index (Phi) is 3.09. The van der Waals surface area contributed by atoms with E-state index in [1.807, 2.05) is 23.6 Å². The number of nitrogens with zero attached hydrogens (tertiary/aromatic N) is 2. The average Bonchev–Trinajstić information content (AvgIpc) is 3.00. The van der Waals surface area contributed by atoms with Crippen LogP contribution in [0.4, 0.5) is 0 Å². The zero-order chi connectivity index (χ0) is 13.3. The molecule has 96 valence electrons. The highest BCUT2D eigenvalue weighted by Crippen LogP contribution is 2.45. The molecule has 2 unspecified atom stereocenters. The molecule has 0 bridgehead atoms. The Morgan fingerprint density at radius 1 is 1.42 bits per heavy atom. The number of aryl methyl sites for hydroxylation is 1. The third kappa shape index (κ3) is 1.86. The molecule has 1 aromatic carbocycles. The van der Waals surface area contributed by atoms with Crippen LogP contribution in [0, 0.1) is 11.3 Å². The zero-order valence-electron chi connectivity index (χ0n) is 10.4. The van der Waals surface area contributed by atoms with Gasteiger partial charge in [-0.05, 0) is 30.4 Å². The van der Waals surface area contributed by atoms with Gasteiger partial charge in [-0.2, -0.15) is 5.26 Å². The normalized spacial score (nSPS) is 23.4. The topological polar surface area (TPSA) is 56.9 Å². The largest absolute Gasteiger partial charge is 0.384 e. The number of fused-ring (bicyclic) bond motifs is 1. The van der Waals surface area contributed by atoms with Crippen LogP contribution in [0.1, 0.15) is 35.1 Å². The van der Waals surface area contributed by atoms with Crippen LogP contribution in [0.3, 0.4) is 0 Å². The summed E-state index contributed by atoms with van der Waals surface area (Å²) in [5.74, 6) is 0. The fraction of sp³-hybridized carbons (Fsp3) is 0.333. The van der Waals surface area contributed by atoms with Crippen molar-refractivity contribution < 1.29 is 5.11 Å². The molecule has 0 radical (unpaired) electrons. The van der Waals surface area contributed by atoms with Gasteiger partial charge in [0.1, 0.15) is 16.5 Å². The van der Waals surface area contributed by atoms with Crippen molar-refractivity contribution in [2.75, 3.05) is 0 Å². The molecule has 0 saturated carbocycles. The lowest BCUT2D eigenvalue weighted by molar-refractivity contribution is 0.0993. The molecule has 1 aliphatic rings. The van der Waals surface area contributed by atoms with Crippen molar-refractivity contribution in [1.29, 1.82) is 5.26 Å². The van der Waals surface area contributed by atoms with E-state index >= 15 is 0 Å². The summed E-state index contributed by atoms with van der Waals surface area (Å²) in [7, 11) is 0. The molecule has 0 amide bonds. The maximum absolute atomic E-state index is 10.7. The molecule has 0 aliphatic heterocycles. The third-order valence-corrected chi connectivity index (χ3v) is 4.69. The molecule has 1 aliphatic carbocycles. The number of aromatic nitrogens is 1. The summed E-state index contributed by atoms with van der Waals surface area (Å²) in [6.07, 6.45) is 3.40. The van der Waals surface area contributed by atoms with Gasteiger partial charge in [0, 0.05) is 11.6 Å². The summed E-state index contributed by atoms with van der Waals surface area (Å²) in [5, 5.41) is 22.8. The van der Waals surface area contributed by atoms with Gasteiger partial charge in [0.2, 0.25) is 0 Å². The summed E-state index contributed by atoms with van der Waals surface area (Å²) in [6, 6.07) is 10.3. The number of thiazole rings is 1. The molecule has 0 fully saturated rings. The first kappa shape index (κ1) is 12.3. The number of benzene rings is 1. The van der Waals surface area contributed by atoms with Crippen molar-refractivity contribution in [1.82, 2.24) is 4.98 Å². The minimum absolute atomic E-state index is 0.623. The maximum Gasteiger partial charge on any atom is 0.128 e. The Hall–Kier alpha value is -1.70. The van der Waals surface area contributed by atoms with Gasteiger partial charge in [-0.15, -0.1) is 11.3 Å². The van der Waals surface area contributed by atoms with E-state index in [9.17, 15) is 10.4 Å². The predicted octanol–water partition coefficient (Wildman–Crippen LogP) is 2.97. The second-order valence-corrected chi connectivity index (χ2v) is 5.79. The molecule has 3 nitrogen and oxygen atoms in total. The van der Waals surface area contributed by atoms with E-state index in [2.05, 4.69) is 17.1 Å². The maximum atomic E-state index is 10.7. The van der Waals surface area contributed by atoms with Crippen molar-refractivity contribution in [2.45, 2.75) is 30.8 Å². The van der Waals surface area contributed by atoms with Gasteiger partial charge < -0.3 is 5.11 Å². The second-order valence-electron chi connectivity index (χ2n) is 4.87. The number of hydrogen-bond acceptors (Lipinski definition) is 4. The molecule has 2 aromatic rings. The van der Waals surface area contributed by atoms with Crippen LogP contribution >= 0.6 is 11.3 Å². The Labute approximate surface area is 116 Å². The monoisotopic (exact) mass is 270 g/mol. The molecule has 0 saturated heterocycles. The van der Waals surface area contributed by atoms with Gasteiger partial charge in [0.25, 0.3) is 0 Å². The summed E-state index contributed by atoms with van der Waals surface area (Å²) in [6.45, 7) is 0. The van der Waals surface area contributed by atoms with Crippen molar-refractivity contribution in [3.05, 3.63) is 52.0 Å². The van der Waals surface area contributed by atoms with Crippen molar-refractivity contribution in [3.8, 4) is 6.07 Å². The fourth-order valence-corrected chi connectivity index (χ4v) is 3.62. The number of aliphatic hydroxyl groups excluding tert-OH is 1. The van der Waals surface area contributed by atoms with Crippen molar-refractivity contribution in [3.63, 3.8) is 0 Å². The Morgan fingerprint density at radius 3 is 3.00 bits per heavy atom. The van der Waals surface area contributed by atoms with Gasteiger partial charge >= 0.3 is 0 Å². The first-order valence-corrected chi connectivity index (χ1v) is 7.23. The van der Waals surface area contributed by atoms with Gasteiger partial charge in [-0.3, -0.25) is 0 Å². The van der Waals surface area contributed by atoms with Crippen LogP contribution in [0.2, 0.25) is 0 Å². The number of rotatable bonds is 2. The second kappa shape index (κ2) is 4.76. The van der Waals surface area contributed by atoms with Crippen molar-refractivity contribution in [2.24, 2.45) is 0 Å². The van der Waals surface area contributed by atoms with E-state index < -0.39 is 11.5 Å². The highest BCUT2D eigenvalue weighted by molar-refractivity contribution is 7.09. The highest BCUT2D eigenvalue weighted by Gasteiger charge is 2.44. The third-order valence-electron chi connectivity index (χ3n) is 3.87. The van der Waals surface area contributed by atoms with Gasteiger partial charge in [0.15, 0.2) is 0 Å². The summed E-state index contributed by atoms with van der Waals surface area (Å²) in [4.78, 5) is 4.17. The lowest BCUT2D eigenvalue weighted by Gasteiger charge is -2.36. The van der Waals surface area contributed by atoms with Crippen LogP contribution in [-0.2, 0) is 11.8 Å². The molecule has 3 rings (SSSR count). The van der Waals surface area contributed by atoms with E-state index in [1.54, 1.807) is 6.20 Å². The molecular weight excluding hydrogens is 256 g/mol. The van der Waals surface area contributed by atoms with Gasteiger partial charge in [-0.1, -0.05) is 24.3 Å². The average molecular weight is 270 g/mol. The molecule has 19 heavy (non-hydrogen) atoms. The Balaban J connectivity index is 2.13. The quantitative estimate of drug-likeness (QED) is 0.912. The summed E-state index contributed by atoms with van der Waals surface area (Å²) in [5.41, 5.74) is 1.28. The van der Waals surface area contributed by atoms with E-state index in [1.165, 1.54) is 16.9 Å². The molecule has 2 atom stereocenters. The van der Waals surface area contributed by atoms with Crippen LogP contribution in [-0.4, -0.2) is 10.1 Å². The Bertz CT molecular complexity index is 617. The number of nitriles is 1. The summed E-state index contributed by atoms with van der Waals surface area (Å²) >= 11 is 1.40. The van der Waals surface area contributed by atoms with Gasteiger partial charge in [-0.25, -0.2) is 4.98 Å². The highest BCUT2D eigenvalue weighted by atomic mass is 32.1. The standard InChI is InChI=1S/C15H14N2OS/c16-10-15(13(18)14-17-8-9-19-14)7-3-5-11-4-1-2-6-12(11)15/h1-2,4,6,8-9,13,18H,3,5,7H2. The Morgan fingerprint density at radius 2 is 2.26 bits per heavy atom. The molecule has 0 spiro atoms. The first-order chi connectivity index (χ1) is 9.28. The minimum Gasteiger partial charge on any atom is -0.384 e. The molecular formula is C15H14N2OS. The lowest BCUT2D eigenvalue weighted by Crippen LogP contribution is -2.36. The van der Waals surface area contributed by atoms with Crippen molar-refractivity contribution >= 4 is 11.3 Å². The minimum atomic E-state index is -0.854. The lowest BCUT2D eigenvalue weighted by atomic mass is 9.67.